The molecule has 1 fully saturated rings. The van der Waals surface area contributed by atoms with E-state index in [1.54, 1.807) is 0 Å². The lowest BCUT2D eigenvalue weighted by atomic mass is 9.94. The van der Waals surface area contributed by atoms with E-state index in [1.807, 2.05) is 0 Å². The summed E-state index contributed by atoms with van der Waals surface area (Å²) < 4.78 is 0. The lowest BCUT2D eigenvalue weighted by molar-refractivity contribution is 0.330. The minimum atomic E-state index is 0.529. The summed E-state index contributed by atoms with van der Waals surface area (Å²) >= 11 is 0. The highest BCUT2D eigenvalue weighted by Gasteiger charge is 2.14. The molecule has 0 atom stereocenters. The van der Waals surface area contributed by atoms with Gasteiger partial charge in [0.1, 0.15) is 0 Å². The molecular weight excluding hydrogens is 392 g/mol. The minimum absolute atomic E-state index is 0.529. The van der Waals surface area contributed by atoms with Crippen LogP contribution in [0.3, 0.4) is 0 Å². The Hall–Kier alpha value is -1.94. The number of benzene rings is 1. The number of hydrogen-bond acceptors (Lipinski definition) is 4. The predicted molar refractivity (Wildman–Crippen MR) is 137 cm³/mol. The van der Waals surface area contributed by atoms with Gasteiger partial charge in [-0.25, -0.2) is 9.97 Å². The van der Waals surface area contributed by atoms with E-state index < -0.39 is 0 Å². The average molecular weight is 437 g/mol. The second-order valence-electron chi connectivity index (χ2n) is 9.50. The first-order valence-electron chi connectivity index (χ1n) is 13.1. The highest BCUT2D eigenvalue weighted by molar-refractivity contribution is 5.56. The van der Waals surface area contributed by atoms with Crippen LogP contribution >= 0.6 is 0 Å². The van der Waals surface area contributed by atoms with Gasteiger partial charge in [0.25, 0.3) is 0 Å². The molecule has 3 rings (SSSR count). The average Bonchev–Trinajstić information content (AvgIpc) is 3.30. The van der Waals surface area contributed by atoms with E-state index in [0.717, 1.165) is 30.2 Å². The number of aromatic nitrogens is 2. The van der Waals surface area contributed by atoms with Gasteiger partial charge in [0.15, 0.2) is 0 Å². The molecular formula is C28H44N4. The number of anilines is 2. The smallest absolute Gasteiger partial charge is 0.227 e. The van der Waals surface area contributed by atoms with Gasteiger partial charge < -0.3 is 10.2 Å². The van der Waals surface area contributed by atoms with Crippen molar-refractivity contribution in [2.24, 2.45) is 0 Å². The number of aryl methyl sites for hydroxylation is 3. The topological polar surface area (TPSA) is 41.1 Å². The highest BCUT2D eigenvalue weighted by atomic mass is 15.1. The van der Waals surface area contributed by atoms with Crippen LogP contribution < -0.4 is 5.32 Å². The highest BCUT2D eigenvalue weighted by Crippen LogP contribution is 2.27. The van der Waals surface area contributed by atoms with Gasteiger partial charge in [-0.2, -0.15) is 0 Å². The van der Waals surface area contributed by atoms with Crippen molar-refractivity contribution in [3.63, 3.8) is 0 Å². The van der Waals surface area contributed by atoms with Crippen LogP contribution in [-0.2, 0) is 12.8 Å². The summed E-state index contributed by atoms with van der Waals surface area (Å²) in [5.41, 5.74) is 6.28. The summed E-state index contributed by atoms with van der Waals surface area (Å²) in [6.45, 7) is 12.7. The summed E-state index contributed by atoms with van der Waals surface area (Å²) in [6.07, 6.45) is 12.3. The van der Waals surface area contributed by atoms with E-state index in [9.17, 15) is 0 Å². The van der Waals surface area contributed by atoms with Crippen LogP contribution in [0.2, 0.25) is 0 Å². The molecule has 1 aliphatic rings. The van der Waals surface area contributed by atoms with E-state index in [-0.39, 0.29) is 0 Å². The second-order valence-corrected chi connectivity index (χ2v) is 9.50. The van der Waals surface area contributed by atoms with E-state index in [2.05, 4.69) is 62.2 Å². The van der Waals surface area contributed by atoms with E-state index >= 15 is 0 Å². The van der Waals surface area contributed by atoms with Crippen molar-refractivity contribution >= 4 is 11.6 Å². The minimum Gasteiger partial charge on any atom is -0.324 e. The molecule has 0 radical (unpaired) electrons. The Kier molecular flexibility index (Phi) is 9.98. The van der Waals surface area contributed by atoms with Gasteiger partial charge in [-0.3, -0.25) is 0 Å². The number of hydrogen-bond donors (Lipinski definition) is 1. The fraction of sp³-hybridized carbons (Fsp3) is 0.643. The standard InChI is InChI=1S/C28H44N4/c1-5-12-24(13-6-2)27-20-22(4)29-28(31-27)30-26-16-15-23(7-3)25(21-26)14-8-9-17-32-18-10-11-19-32/h15-16,20-21,24H,5-14,17-19H2,1-4H3,(H,29,30,31). The molecule has 1 aromatic carbocycles. The van der Waals surface area contributed by atoms with Crippen molar-refractivity contribution in [1.29, 1.82) is 0 Å². The maximum atomic E-state index is 4.93. The lowest BCUT2D eigenvalue weighted by Gasteiger charge is -2.17. The van der Waals surface area contributed by atoms with Crippen molar-refractivity contribution in [2.45, 2.75) is 97.8 Å². The quantitative estimate of drug-likeness (QED) is 0.337. The monoisotopic (exact) mass is 436 g/mol. The summed E-state index contributed by atoms with van der Waals surface area (Å²) in [5, 5.41) is 3.52. The zero-order valence-electron chi connectivity index (χ0n) is 20.9. The lowest BCUT2D eigenvalue weighted by Crippen LogP contribution is -2.20. The van der Waals surface area contributed by atoms with Gasteiger partial charge in [0.05, 0.1) is 0 Å². The van der Waals surface area contributed by atoms with E-state index in [0.29, 0.717) is 5.92 Å². The van der Waals surface area contributed by atoms with E-state index in [1.165, 1.54) is 87.8 Å². The van der Waals surface area contributed by atoms with Crippen molar-refractivity contribution < 1.29 is 0 Å². The molecule has 0 unspecified atom stereocenters. The molecule has 0 amide bonds. The van der Waals surface area contributed by atoms with Crippen LogP contribution in [0.1, 0.15) is 101 Å². The predicted octanol–water partition coefficient (Wildman–Crippen LogP) is 7.19. The molecule has 4 heteroatoms. The molecule has 0 aliphatic carbocycles. The van der Waals surface area contributed by atoms with Crippen LogP contribution in [0.4, 0.5) is 11.6 Å². The second kappa shape index (κ2) is 12.9. The Morgan fingerprint density at radius 3 is 2.38 bits per heavy atom. The SMILES string of the molecule is CCCC(CCC)c1cc(C)nc(Nc2ccc(CC)c(CCCCN3CCCC3)c2)n1. The summed E-state index contributed by atoms with van der Waals surface area (Å²) in [7, 11) is 0. The fourth-order valence-corrected chi connectivity index (χ4v) is 5.06. The zero-order chi connectivity index (χ0) is 22.8. The molecule has 1 saturated heterocycles. The molecule has 32 heavy (non-hydrogen) atoms. The van der Waals surface area contributed by atoms with Crippen molar-refractivity contribution in [2.75, 3.05) is 25.0 Å². The first kappa shape index (κ1) is 24.7. The third-order valence-corrected chi connectivity index (χ3v) is 6.78. The Morgan fingerprint density at radius 2 is 1.69 bits per heavy atom. The van der Waals surface area contributed by atoms with Crippen molar-refractivity contribution in [1.82, 2.24) is 14.9 Å². The maximum Gasteiger partial charge on any atom is 0.227 e. The number of rotatable bonds is 13. The third-order valence-electron chi connectivity index (χ3n) is 6.78. The van der Waals surface area contributed by atoms with Gasteiger partial charge in [-0.1, -0.05) is 39.7 Å². The molecule has 1 N–H and O–H groups in total. The molecule has 2 heterocycles. The molecule has 0 spiro atoms. The summed E-state index contributed by atoms with van der Waals surface area (Å²) in [4.78, 5) is 12.2. The summed E-state index contributed by atoms with van der Waals surface area (Å²) in [5.74, 6) is 1.27. The normalized spacial score (nSPS) is 14.4. The zero-order valence-corrected chi connectivity index (χ0v) is 20.9. The first-order valence-corrected chi connectivity index (χ1v) is 13.1. The van der Waals surface area contributed by atoms with Gasteiger partial charge in [-0.15, -0.1) is 0 Å². The third kappa shape index (κ3) is 7.30. The first-order chi connectivity index (χ1) is 15.6. The van der Waals surface area contributed by atoms with Gasteiger partial charge in [-0.05, 0) is 107 Å². The Balaban J connectivity index is 1.67. The molecule has 1 aromatic heterocycles. The number of unbranched alkanes of at least 4 members (excludes halogenated alkanes) is 1. The van der Waals surface area contributed by atoms with Gasteiger partial charge >= 0.3 is 0 Å². The Bertz CT molecular complexity index is 820. The van der Waals surface area contributed by atoms with Gasteiger partial charge in [0, 0.05) is 23.0 Å². The van der Waals surface area contributed by atoms with Gasteiger partial charge in [0.2, 0.25) is 5.95 Å². The van der Waals surface area contributed by atoms with Crippen LogP contribution in [0, 0.1) is 6.92 Å². The Morgan fingerprint density at radius 1 is 0.938 bits per heavy atom. The molecule has 2 aromatic rings. The largest absolute Gasteiger partial charge is 0.324 e. The van der Waals surface area contributed by atoms with Crippen molar-refractivity contribution in [3.05, 3.63) is 46.8 Å². The number of nitrogens with zero attached hydrogens (tertiary/aromatic N) is 3. The maximum absolute atomic E-state index is 4.93. The van der Waals surface area contributed by atoms with E-state index in [4.69, 9.17) is 9.97 Å². The van der Waals surface area contributed by atoms with Crippen LogP contribution in [-0.4, -0.2) is 34.5 Å². The number of nitrogens with one attached hydrogen (secondary N) is 1. The van der Waals surface area contributed by atoms with Crippen molar-refractivity contribution in [3.8, 4) is 0 Å². The molecule has 4 nitrogen and oxygen atoms in total. The van der Waals surface area contributed by atoms with Crippen LogP contribution in [0.25, 0.3) is 0 Å². The summed E-state index contributed by atoms with van der Waals surface area (Å²) in [6, 6.07) is 8.97. The molecule has 1 aliphatic heterocycles. The molecule has 0 saturated carbocycles. The van der Waals surface area contributed by atoms with Crippen LogP contribution in [0.15, 0.2) is 24.3 Å². The molecule has 176 valence electrons. The fourth-order valence-electron chi connectivity index (χ4n) is 5.06. The number of likely N-dealkylation sites (tertiary alicyclic amines) is 1. The Labute approximate surface area is 196 Å². The van der Waals surface area contributed by atoms with Crippen LogP contribution in [0.5, 0.6) is 0 Å². The molecule has 0 bridgehead atoms.